The molecule has 1 N–H and O–H groups in total. The highest BCUT2D eigenvalue weighted by Crippen LogP contribution is 2.40. The first kappa shape index (κ1) is 15.9. The minimum Gasteiger partial charge on any atom is -0.467 e. The van der Waals surface area contributed by atoms with Crippen LogP contribution in [0.25, 0.3) is 0 Å². The lowest BCUT2D eigenvalue weighted by molar-refractivity contribution is -0.113. The molecule has 130 valence electrons. The first-order chi connectivity index (χ1) is 12.2. The Balaban J connectivity index is 1.43. The summed E-state index contributed by atoms with van der Waals surface area (Å²) < 4.78 is 12.4. The summed E-state index contributed by atoms with van der Waals surface area (Å²) in [5.74, 6) is 3.38. The lowest BCUT2D eigenvalue weighted by Crippen LogP contribution is -2.15. The second-order valence-corrected chi connectivity index (χ2v) is 6.88. The Morgan fingerprint density at radius 2 is 2.32 bits per heavy atom. The summed E-state index contributed by atoms with van der Waals surface area (Å²) in [5, 5.41) is 15.7. The lowest BCUT2D eigenvalue weighted by Gasteiger charge is -2.08. The third-order valence-corrected chi connectivity index (χ3v) is 4.78. The summed E-state index contributed by atoms with van der Waals surface area (Å²) in [5.41, 5.74) is 0. The third-order valence-electron chi connectivity index (χ3n) is 3.81. The maximum Gasteiger partial charge on any atom is 0.236 e. The van der Waals surface area contributed by atoms with Gasteiger partial charge in [0, 0.05) is 12.0 Å². The first-order valence-corrected chi connectivity index (χ1v) is 8.99. The van der Waals surface area contributed by atoms with E-state index >= 15 is 0 Å². The summed E-state index contributed by atoms with van der Waals surface area (Å²) in [6, 6.07) is 5.45. The van der Waals surface area contributed by atoms with Gasteiger partial charge in [0.15, 0.2) is 11.0 Å². The Morgan fingerprint density at radius 3 is 3.00 bits per heavy atom. The molecule has 1 aliphatic rings. The van der Waals surface area contributed by atoms with E-state index in [9.17, 15) is 4.79 Å². The molecule has 8 nitrogen and oxygen atoms in total. The minimum atomic E-state index is -0.168. The molecule has 0 saturated heterocycles. The molecule has 0 bridgehead atoms. The second-order valence-electron chi connectivity index (χ2n) is 5.94. The molecule has 1 aliphatic carbocycles. The van der Waals surface area contributed by atoms with Gasteiger partial charge in [-0.2, -0.15) is 0 Å². The molecule has 9 heteroatoms. The van der Waals surface area contributed by atoms with Gasteiger partial charge < -0.3 is 14.3 Å². The summed E-state index contributed by atoms with van der Waals surface area (Å²) in [4.78, 5) is 12.1. The number of aryl methyl sites for hydroxylation is 1. The third kappa shape index (κ3) is 3.76. The zero-order valence-corrected chi connectivity index (χ0v) is 14.5. The van der Waals surface area contributed by atoms with Crippen molar-refractivity contribution in [1.82, 2.24) is 19.9 Å². The SMILES string of the molecule is Cc1cc(NC(=O)CSc2nnc(C3CC3)n2Cc2ccco2)no1. The van der Waals surface area contributed by atoms with E-state index < -0.39 is 0 Å². The fourth-order valence-electron chi connectivity index (χ4n) is 2.49. The smallest absolute Gasteiger partial charge is 0.236 e. The van der Waals surface area contributed by atoms with E-state index in [0.29, 0.717) is 29.2 Å². The van der Waals surface area contributed by atoms with E-state index in [1.165, 1.54) is 11.8 Å². The molecule has 0 unspecified atom stereocenters. The number of thioether (sulfide) groups is 1. The van der Waals surface area contributed by atoms with Crippen LogP contribution in [0.15, 0.2) is 38.6 Å². The molecule has 1 amide bonds. The number of hydrogen-bond donors (Lipinski definition) is 1. The van der Waals surface area contributed by atoms with Crippen molar-refractivity contribution in [3.63, 3.8) is 0 Å². The molecule has 0 aromatic carbocycles. The summed E-state index contributed by atoms with van der Waals surface area (Å²) >= 11 is 1.35. The van der Waals surface area contributed by atoms with E-state index in [4.69, 9.17) is 8.94 Å². The number of carbonyl (C=O) groups excluding carboxylic acids is 1. The number of rotatable bonds is 7. The van der Waals surface area contributed by atoms with Crippen LogP contribution in [0.1, 0.15) is 36.1 Å². The second kappa shape index (κ2) is 6.75. The van der Waals surface area contributed by atoms with E-state index in [1.54, 1.807) is 19.3 Å². The quantitative estimate of drug-likeness (QED) is 0.648. The average Bonchev–Trinajstić information content (AvgIpc) is 2.96. The van der Waals surface area contributed by atoms with Gasteiger partial charge in [-0.25, -0.2) is 0 Å². The zero-order valence-electron chi connectivity index (χ0n) is 13.6. The summed E-state index contributed by atoms with van der Waals surface area (Å²) in [6.45, 7) is 2.34. The van der Waals surface area contributed by atoms with Crippen molar-refractivity contribution in [3.8, 4) is 0 Å². The molecule has 0 aliphatic heterocycles. The Labute approximate surface area is 148 Å². The van der Waals surface area contributed by atoms with E-state index in [0.717, 1.165) is 24.4 Å². The van der Waals surface area contributed by atoms with Gasteiger partial charge in [0.2, 0.25) is 5.91 Å². The van der Waals surface area contributed by atoms with Crippen LogP contribution in [-0.2, 0) is 11.3 Å². The zero-order chi connectivity index (χ0) is 17.2. The van der Waals surface area contributed by atoms with Gasteiger partial charge in [-0.1, -0.05) is 16.9 Å². The average molecular weight is 359 g/mol. The van der Waals surface area contributed by atoms with Gasteiger partial charge in [0.05, 0.1) is 18.6 Å². The number of furan rings is 1. The van der Waals surface area contributed by atoms with Crippen molar-refractivity contribution >= 4 is 23.5 Å². The molecule has 3 aromatic rings. The lowest BCUT2D eigenvalue weighted by atomic mass is 10.3. The van der Waals surface area contributed by atoms with E-state index in [1.807, 2.05) is 16.7 Å². The van der Waals surface area contributed by atoms with Crippen LogP contribution in [0.5, 0.6) is 0 Å². The van der Waals surface area contributed by atoms with Gasteiger partial charge in [-0.05, 0) is 31.9 Å². The van der Waals surface area contributed by atoms with Crippen molar-refractivity contribution in [2.24, 2.45) is 0 Å². The van der Waals surface area contributed by atoms with Gasteiger partial charge in [-0.3, -0.25) is 9.36 Å². The van der Waals surface area contributed by atoms with Crippen molar-refractivity contribution < 1.29 is 13.7 Å². The number of carbonyl (C=O) groups is 1. The maximum absolute atomic E-state index is 12.1. The van der Waals surface area contributed by atoms with Crippen LogP contribution in [0, 0.1) is 6.92 Å². The Bertz CT molecular complexity index is 866. The Morgan fingerprint density at radius 1 is 1.44 bits per heavy atom. The van der Waals surface area contributed by atoms with E-state index in [-0.39, 0.29) is 11.7 Å². The number of amides is 1. The predicted octanol–water partition coefficient (Wildman–Crippen LogP) is 2.82. The largest absolute Gasteiger partial charge is 0.467 e. The van der Waals surface area contributed by atoms with Gasteiger partial charge in [-0.15, -0.1) is 10.2 Å². The molecule has 3 heterocycles. The highest BCUT2D eigenvalue weighted by Gasteiger charge is 2.30. The Hall–Kier alpha value is -2.55. The van der Waals surface area contributed by atoms with Gasteiger partial charge in [0.25, 0.3) is 0 Å². The maximum atomic E-state index is 12.1. The van der Waals surface area contributed by atoms with Crippen molar-refractivity contribution in [2.75, 3.05) is 11.1 Å². The number of aromatic nitrogens is 4. The normalized spacial score (nSPS) is 14.0. The molecular weight excluding hydrogens is 342 g/mol. The molecule has 0 atom stereocenters. The van der Waals surface area contributed by atoms with Crippen LogP contribution in [0.2, 0.25) is 0 Å². The monoisotopic (exact) mass is 359 g/mol. The topological polar surface area (TPSA) is 99.0 Å². The van der Waals surface area contributed by atoms with Gasteiger partial charge in [0.1, 0.15) is 17.3 Å². The minimum absolute atomic E-state index is 0.168. The highest BCUT2D eigenvalue weighted by molar-refractivity contribution is 7.99. The summed E-state index contributed by atoms with van der Waals surface area (Å²) in [6.07, 6.45) is 3.91. The standard InChI is InChI=1S/C16H17N5O3S/c1-10-7-13(20-24-10)17-14(22)9-25-16-19-18-15(11-4-5-11)21(16)8-12-3-2-6-23-12/h2-3,6-7,11H,4-5,8-9H2,1H3,(H,17,20,22). The number of anilines is 1. The first-order valence-electron chi connectivity index (χ1n) is 8.00. The highest BCUT2D eigenvalue weighted by atomic mass is 32.2. The molecule has 0 spiro atoms. The van der Waals surface area contributed by atoms with E-state index in [2.05, 4.69) is 20.7 Å². The molecule has 3 aromatic heterocycles. The van der Waals surface area contributed by atoms with Crippen molar-refractivity contribution in [1.29, 1.82) is 0 Å². The van der Waals surface area contributed by atoms with Crippen LogP contribution in [0.4, 0.5) is 5.82 Å². The fraction of sp³-hybridized carbons (Fsp3) is 0.375. The molecule has 1 saturated carbocycles. The molecule has 1 fully saturated rings. The van der Waals surface area contributed by atoms with Gasteiger partial charge >= 0.3 is 0 Å². The van der Waals surface area contributed by atoms with Crippen LogP contribution in [-0.4, -0.2) is 31.6 Å². The number of nitrogens with zero attached hydrogens (tertiary/aromatic N) is 4. The number of hydrogen-bond acceptors (Lipinski definition) is 7. The van der Waals surface area contributed by atoms with Crippen molar-refractivity contribution in [2.45, 2.75) is 37.4 Å². The molecule has 0 radical (unpaired) electrons. The van der Waals surface area contributed by atoms with Crippen LogP contribution < -0.4 is 5.32 Å². The van der Waals surface area contributed by atoms with Crippen LogP contribution >= 0.6 is 11.8 Å². The van der Waals surface area contributed by atoms with Crippen molar-refractivity contribution in [3.05, 3.63) is 41.8 Å². The van der Waals surface area contributed by atoms with Crippen LogP contribution in [0.3, 0.4) is 0 Å². The molecule has 25 heavy (non-hydrogen) atoms. The Kier molecular flexibility index (Phi) is 4.31. The fourth-order valence-corrected chi connectivity index (χ4v) is 3.24. The predicted molar refractivity (Wildman–Crippen MR) is 90.4 cm³/mol. The molecule has 4 rings (SSSR count). The molecular formula is C16H17N5O3S. The number of nitrogens with one attached hydrogen (secondary N) is 1. The summed E-state index contributed by atoms with van der Waals surface area (Å²) in [7, 11) is 0.